The Bertz CT molecular complexity index is 1450. The van der Waals surface area contributed by atoms with E-state index in [0.717, 1.165) is 15.5 Å². The van der Waals surface area contributed by atoms with Gasteiger partial charge in [0.05, 0.1) is 29.5 Å². The fraction of sp³-hybridized carbons (Fsp3) is 0.240. The number of nitrogens with zero attached hydrogens (tertiary/aromatic N) is 2. The molecule has 1 heterocycles. The monoisotopic (exact) mass is 513 g/mol. The molecular formula is C25H27N3O5S2. The Kier molecular flexibility index (Phi) is 6.86. The average molecular weight is 514 g/mol. The number of benzene rings is 3. The topological polar surface area (TPSA) is 105 Å². The van der Waals surface area contributed by atoms with Gasteiger partial charge in [-0.15, -0.1) is 0 Å². The summed E-state index contributed by atoms with van der Waals surface area (Å²) in [4.78, 5) is 0.149. The van der Waals surface area contributed by atoms with Crippen molar-refractivity contribution in [2.45, 2.75) is 31.2 Å². The standard InChI is InChI=1S/C25H27N3O5S2/c1-4-34(29,30)27-21-7-5-6-20(16-21)24-17-25(19-10-12-22(33-3)13-11-19)28(26-24)35(31,32)23-14-8-18(2)9-15-23/h5-16,25,27H,4,17H2,1-3H3/t25-/m0/s1. The van der Waals surface area contributed by atoms with Crippen molar-refractivity contribution in [2.75, 3.05) is 17.6 Å². The van der Waals surface area contributed by atoms with Crippen molar-refractivity contribution in [3.63, 3.8) is 0 Å². The molecule has 0 amide bonds. The molecule has 0 fully saturated rings. The fourth-order valence-electron chi connectivity index (χ4n) is 3.79. The molecule has 1 aliphatic rings. The van der Waals surface area contributed by atoms with Gasteiger partial charge in [0.1, 0.15) is 5.75 Å². The molecule has 8 nitrogen and oxygen atoms in total. The number of aryl methyl sites for hydroxylation is 1. The van der Waals surface area contributed by atoms with E-state index in [4.69, 9.17) is 4.74 Å². The molecule has 0 saturated carbocycles. The van der Waals surface area contributed by atoms with Crippen LogP contribution in [-0.4, -0.2) is 39.8 Å². The van der Waals surface area contributed by atoms with Crippen molar-refractivity contribution in [2.24, 2.45) is 5.10 Å². The van der Waals surface area contributed by atoms with Crippen LogP contribution in [0.3, 0.4) is 0 Å². The average Bonchev–Trinajstić information content (AvgIpc) is 3.31. The molecule has 1 N–H and O–H groups in total. The third kappa shape index (κ3) is 5.33. The SMILES string of the molecule is CCS(=O)(=O)Nc1cccc(C2=NN(S(=O)(=O)c3ccc(C)cc3)[C@H](c3ccc(OC)cc3)C2)c1. The first-order valence-electron chi connectivity index (χ1n) is 11.1. The first-order valence-corrected chi connectivity index (χ1v) is 14.2. The quantitative estimate of drug-likeness (QED) is 0.483. The highest BCUT2D eigenvalue weighted by Gasteiger charge is 2.37. The number of sulfonamides is 2. The van der Waals surface area contributed by atoms with E-state index in [1.807, 2.05) is 19.1 Å². The van der Waals surface area contributed by atoms with E-state index in [1.54, 1.807) is 74.7 Å². The molecule has 0 aliphatic carbocycles. The molecule has 1 atom stereocenters. The largest absolute Gasteiger partial charge is 0.497 e. The molecule has 184 valence electrons. The van der Waals surface area contributed by atoms with Gasteiger partial charge in [-0.25, -0.2) is 8.42 Å². The van der Waals surface area contributed by atoms with E-state index >= 15 is 0 Å². The number of methoxy groups -OCH3 is 1. The summed E-state index contributed by atoms with van der Waals surface area (Å²) in [6, 6.07) is 20.1. The number of nitrogens with one attached hydrogen (secondary N) is 1. The van der Waals surface area contributed by atoms with Crippen molar-refractivity contribution in [1.29, 1.82) is 0 Å². The fourth-order valence-corrected chi connectivity index (χ4v) is 5.85. The van der Waals surface area contributed by atoms with Crippen LogP contribution >= 0.6 is 0 Å². The van der Waals surface area contributed by atoms with Crippen LogP contribution in [0.15, 0.2) is 82.8 Å². The molecule has 0 spiro atoms. The van der Waals surface area contributed by atoms with Gasteiger partial charge >= 0.3 is 0 Å². The van der Waals surface area contributed by atoms with Crippen LogP contribution in [0.5, 0.6) is 5.75 Å². The summed E-state index contributed by atoms with van der Waals surface area (Å²) in [7, 11) is -5.83. The van der Waals surface area contributed by atoms with E-state index in [2.05, 4.69) is 9.82 Å². The predicted octanol–water partition coefficient (Wildman–Crippen LogP) is 4.31. The summed E-state index contributed by atoms with van der Waals surface area (Å²) < 4.78 is 60.2. The van der Waals surface area contributed by atoms with Gasteiger partial charge in [0.2, 0.25) is 10.0 Å². The maximum atomic E-state index is 13.6. The van der Waals surface area contributed by atoms with E-state index in [1.165, 1.54) is 0 Å². The van der Waals surface area contributed by atoms with Crippen LogP contribution < -0.4 is 9.46 Å². The Labute approximate surface area is 206 Å². The molecule has 0 aromatic heterocycles. The second-order valence-electron chi connectivity index (χ2n) is 8.22. The maximum absolute atomic E-state index is 13.6. The Morgan fingerprint density at radius 2 is 1.69 bits per heavy atom. The molecule has 1 aliphatic heterocycles. The summed E-state index contributed by atoms with van der Waals surface area (Å²) in [5.74, 6) is 0.608. The first kappa shape index (κ1) is 24.7. The van der Waals surface area contributed by atoms with Crippen LogP contribution in [0.2, 0.25) is 0 Å². The highest BCUT2D eigenvalue weighted by Crippen LogP contribution is 2.38. The molecule has 0 bridgehead atoms. The lowest BCUT2D eigenvalue weighted by molar-refractivity contribution is 0.370. The Morgan fingerprint density at radius 3 is 2.31 bits per heavy atom. The minimum absolute atomic E-state index is 0.0553. The minimum Gasteiger partial charge on any atom is -0.497 e. The number of rotatable bonds is 8. The van der Waals surface area contributed by atoms with Crippen LogP contribution in [0.1, 0.15) is 36.1 Å². The van der Waals surface area contributed by atoms with Crippen molar-refractivity contribution < 1.29 is 21.6 Å². The highest BCUT2D eigenvalue weighted by atomic mass is 32.2. The second-order valence-corrected chi connectivity index (χ2v) is 12.0. The second kappa shape index (κ2) is 9.71. The predicted molar refractivity (Wildman–Crippen MR) is 137 cm³/mol. The normalized spacial score (nSPS) is 16.1. The molecule has 4 rings (SSSR count). The molecule has 10 heteroatoms. The minimum atomic E-state index is -3.95. The van der Waals surface area contributed by atoms with Crippen LogP contribution in [-0.2, 0) is 20.0 Å². The van der Waals surface area contributed by atoms with Crippen LogP contribution in [0.25, 0.3) is 0 Å². The molecule has 35 heavy (non-hydrogen) atoms. The van der Waals surface area contributed by atoms with Crippen LogP contribution in [0.4, 0.5) is 5.69 Å². The maximum Gasteiger partial charge on any atom is 0.279 e. The van der Waals surface area contributed by atoms with E-state index in [9.17, 15) is 16.8 Å². The van der Waals surface area contributed by atoms with E-state index in [0.29, 0.717) is 29.1 Å². The zero-order chi connectivity index (χ0) is 25.2. The number of ether oxygens (including phenoxy) is 1. The Morgan fingerprint density at radius 1 is 1.00 bits per heavy atom. The zero-order valence-corrected chi connectivity index (χ0v) is 21.3. The van der Waals surface area contributed by atoms with Crippen molar-refractivity contribution >= 4 is 31.4 Å². The third-order valence-electron chi connectivity index (χ3n) is 5.79. The van der Waals surface area contributed by atoms with Crippen molar-refractivity contribution in [3.05, 3.63) is 89.5 Å². The van der Waals surface area contributed by atoms with Gasteiger partial charge in [0, 0.05) is 12.1 Å². The summed E-state index contributed by atoms with van der Waals surface area (Å²) in [6.45, 7) is 3.45. The summed E-state index contributed by atoms with van der Waals surface area (Å²) in [5, 5.41) is 4.54. The lowest BCUT2D eigenvalue weighted by atomic mass is 9.99. The van der Waals surface area contributed by atoms with Crippen LogP contribution in [0, 0.1) is 6.92 Å². The number of hydrogen-bond donors (Lipinski definition) is 1. The summed E-state index contributed by atoms with van der Waals surface area (Å²) >= 11 is 0. The molecule has 3 aromatic carbocycles. The molecule has 0 radical (unpaired) electrons. The van der Waals surface area contributed by atoms with Crippen molar-refractivity contribution in [3.8, 4) is 5.75 Å². The first-order chi connectivity index (χ1) is 16.6. The zero-order valence-electron chi connectivity index (χ0n) is 19.7. The van der Waals surface area contributed by atoms with Gasteiger partial charge in [-0.3, -0.25) is 4.72 Å². The molecule has 0 unspecified atom stereocenters. The Balaban J connectivity index is 1.76. The van der Waals surface area contributed by atoms with E-state index < -0.39 is 26.1 Å². The van der Waals surface area contributed by atoms with Gasteiger partial charge in [-0.05, 0) is 61.4 Å². The van der Waals surface area contributed by atoms with E-state index in [-0.39, 0.29) is 10.6 Å². The van der Waals surface area contributed by atoms with Gasteiger partial charge in [-0.1, -0.05) is 42.0 Å². The summed E-state index contributed by atoms with van der Waals surface area (Å²) in [6.07, 6.45) is 0.321. The molecule has 0 saturated heterocycles. The number of hydrazone groups is 1. The molecule has 3 aromatic rings. The van der Waals surface area contributed by atoms with Crippen molar-refractivity contribution in [1.82, 2.24) is 4.41 Å². The number of hydrogen-bond acceptors (Lipinski definition) is 6. The third-order valence-corrected chi connectivity index (χ3v) is 8.79. The lowest BCUT2D eigenvalue weighted by Gasteiger charge is -2.23. The van der Waals surface area contributed by atoms with Gasteiger partial charge in [0.25, 0.3) is 10.0 Å². The summed E-state index contributed by atoms with van der Waals surface area (Å²) in [5.41, 5.74) is 3.30. The highest BCUT2D eigenvalue weighted by molar-refractivity contribution is 7.92. The smallest absolute Gasteiger partial charge is 0.279 e. The van der Waals surface area contributed by atoms with Gasteiger partial charge in [-0.2, -0.15) is 17.9 Å². The molecular weight excluding hydrogens is 486 g/mol. The number of anilines is 1. The Hall–Kier alpha value is -3.37. The lowest BCUT2D eigenvalue weighted by Crippen LogP contribution is -2.27. The van der Waals surface area contributed by atoms with Gasteiger partial charge in [0.15, 0.2) is 0 Å². The van der Waals surface area contributed by atoms with Gasteiger partial charge < -0.3 is 4.74 Å².